The minimum absolute atomic E-state index is 0.245. The van der Waals surface area contributed by atoms with Crippen LogP contribution in [0.2, 0.25) is 0 Å². The monoisotopic (exact) mass is 297 g/mol. The number of amides is 1. The van der Waals surface area contributed by atoms with E-state index >= 15 is 0 Å². The second-order valence-electron chi connectivity index (χ2n) is 7.04. The van der Waals surface area contributed by atoms with E-state index in [2.05, 4.69) is 10.2 Å². The zero-order valence-corrected chi connectivity index (χ0v) is 13.7. The summed E-state index contributed by atoms with van der Waals surface area (Å²) in [6.07, 6.45) is 6.12. The quantitative estimate of drug-likeness (QED) is 0.774. The van der Waals surface area contributed by atoms with Gasteiger partial charge in [0.1, 0.15) is 0 Å². The second-order valence-corrected chi connectivity index (χ2v) is 7.04. The number of carbonyl (C=O) groups is 1. The molecule has 0 aromatic carbocycles. The van der Waals surface area contributed by atoms with Crippen molar-refractivity contribution >= 4 is 5.91 Å². The fourth-order valence-electron chi connectivity index (χ4n) is 3.73. The van der Waals surface area contributed by atoms with Crippen molar-refractivity contribution < 1.29 is 9.53 Å². The number of ether oxygens (including phenoxy) is 1. The van der Waals surface area contributed by atoms with E-state index in [1.54, 1.807) is 0 Å². The summed E-state index contributed by atoms with van der Waals surface area (Å²) in [6.45, 7) is 8.71. The maximum atomic E-state index is 11.8. The van der Waals surface area contributed by atoms with E-state index in [0.29, 0.717) is 12.1 Å². The summed E-state index contributed by atoms with van der Waals surface area (Å²) in [6, 6.07) is 0.776. The number of nitrogens with two attached hydrogens (primary N) is 1. The Morgan fingerprint density at radius 3 is 2.81 bits per heavy atom. The van der Waals surface area contributed by atoms with Gasteiger partial charge in [-0.3, -0.25) is 9.69 Å². The first-order valence-electron chi connectivity index (χ1n) is 8.35. The van der Waals surface area contributed by atoms with Crippen LogP contribution < -0.4 is 11.1 Å². The molecule has 0 radical (unpaired) electrons. The molecule has 122 valence electrons. The van der Waals surface area contributed by atoms with Gasteiger partial charge >= 0.3 is 0 Å². The van der Waals surface area contributed by atoms with Gasteiger partial charge in [0.2, 0.25) is 5.91 Å². The molecule has 2 rings (SSSR count). The molecule has 1 aliphatic carbocycles. The number of hydrogen-bond donors (Lipinski definition) is 2. The molecule has 3 N–H and O–H groups in total. The van der Waals surface area contributed by atoms with Crippen LogP contribution in [0, 0.1) is 0 Å². The standard InChI is InChI=1S/C16H31N3O2/c1-12(2)18-16(3,15(17)20)8-9-19-10-11-21-14-7-5-4-6-13(14)19/h12-14,18H,4-11H2,1-3H3,(H2,17,20). The van der Waals surface area contributed by atoms with Crippen molar-refractivity contribution in [2.45, 2.75) is 76.6 Å². The molecule has 1 amide bonds. The molecular formula is C16H31N3O2. The van der Waals surface area contributed by atoms with Gasteiger partial charge in [-0.2, -0.15) is 0 Å². The highest BCUT2D eigenvalue weighted by Gasteiger charge is 2.37. The average molecular weight is 297 g/mol. The zero-order valence-electron chi connectivity index (χ0n) is 13.7. The van der Waals surface area contributed by atoms with Gasteiger partial charge in [-0.15, -0.1) is 0 Å². The van der Waals surface area contributed by atoms with Gasteiger partial charge in [-0.05, 0) is 40.0 Å². The molecular weight excluding hydrogens is 266 g/mol. The smallest absolute Gasteiger partial charge is 0.237 e. The summed E-state index contributed by atoms with van der Waals surface area (Å²) >= 11 is 0. The Morgan fingerprint density at radius 1 is 1.43 bits per heavy atom. The maximum Gasteiger partial charge on any atom is 0.237 e. The van der Waals surface area contributed by atoms with Crippen LogP contribution in [0.5, 0.6) is 0 Å². The van der Waals surface area contributed by atoms with Crippen molar-refractivity contribution in [3.8, 4) is 0 Å². The molecule has 0 bridgehead atoms. The number of nitrogens with zero attached hydrogens (tertiary/aromatic N) is 1. The Morgan fingerprint density at radius 2 is 2.14 bits per heavy atom. The van der Waals surface area contributed by atoms with Gasteiger partial charge in [0, 0.05) is 25.2 Å². The molecule has 2 fully saturated rings. The lowest BCUT2D eigenvalue weighted by molar-refractivity contribution is -0.125. The third-order valence-electron chi connectivity index (χ3n) is 4.90. The number of hydrogen-bond acceptors (Lipinski definition) is 4. The fraction of sp³-hybridized carbons (Fsp3) is 0.938. The van der Waals surface area contributed by atoms with Crippen molar-refractivity contribution in [3.05, 3.63) is 0 Å². The summed E-state index contributed by atoms with van der Waals surface area (Å²) in [7, 11) is 0. The maximum absolute atomic E-state index is 11.8. The van der Waals surface area contributed by atoms with Gasteiger partial charge in [0.25, 0.3) is 0 Å². The average Bonchev–Trinajstić information content (AvgIpc) is 2.44. The van der Waals surface area contributed by atoms with Crippen LogP contribution >= 0.6 is 0 Å². The third kappa shape index (κ3) is 4.18. The lowest BCUT2D eigenvalue weighted by Gasteiger charge is -2.45. The molecule has 1 aliphatic heterocycles. The van der Waals surface area contributed by atoms with E-state index in [9.17, 15) is 4.79 Å². The number of nitrogens with one attached hydrogen (secondary N) is 1. The summed E-state index contributed by atoms with van der Waals surface area (Å²) < 4.78 is 5.91. The molecule has 2 aliphatic rings. The normalized spacial score (nSPS) is 29.9. The highest BCUT2D eigenvalue weighted by Crippen LogP contribution is 2.29. The van der Waals surface area contributed by atoms with Crippen molar-refractivity contribution in [3.63, 3.8) is 0 Å². The topological polar surface area (TPSA) is 67.6 Å². The first-order valence-corrected chi connectivity index (χ1v) is 8.35. The molecule has 5 nitrogen and oxygen atoms in total. The summed E-state index contributed by atoms with van der Waals surface area (Å²) in [5, 5.41) is 3.33. The third-order valence-corrected chi connectivity index (χ3v) is 4.90. The van der Waals surface area contributed by atoms with E-state index in [0.717, 1.165) is 26.1 Å². The Bertz CT molecular complexity index is 359. The number of primary amides is 1. The first-order chi connectivity index (χ1) is 9.92. The van der Waals surface area contributed by atoms with Crippen molar-refractivity contribution in [1.82, 2.24) is 10.2 Å². The minimum Gasteiger partial charge on any atom is -0.375 e. The molecule has 1 heterocycles. The zero-order chi connectivity index (χ0) is 15.5. The van der Waals surface area contributed by atoms with Crippen LogP contribution in [0.15, 0.2) is 0 Å². The van der Waals surface area contributed by atoms with E-state index < -0.39 is 5.54 Å². The Hall–Kier alpha value is -0.650. The lowest BCUT2D eigenvalue weighted by Crippen LogP contribution is -2.59. The Balaban J connectivity index is 1.94. The summed E-state index contributed by atoms with van der Waals surface area (Å²) in [5.41, 5.74) is 4.99. The Kier molecular flexibility index (Phi) is 5.63. The molecule has 0 aromatic heterocycles. The van der Waals surface area contributed by atoms with Crippen LogP contribution in [0.4, 0.5) is 0 Å². The predicted molar refractivity (Wildman–Crippen MR) is 84.1 cm³/mol. The lowest BCUT2D eigenvalue weighted by atomic mass is 9.89. The molecule has 1 saturated carbocycles. The van der Waals surface area contributed by atoms with Gasteiger partial charge < -0.3 is 15.8 Å². The van der Waals surface area contributed by atoms with Crippen LogP contribution in [0.1, 0.15) is 52.9 Å². The second kappa shape index (κ2) is 7.07. The van der Waals surface area contributed by atoms with Crippen LogP contribution in [-0.4, -0.2) is 54.2 Å². The summed E-state index contributed by atoms with van der Waals surface area (Å²) in [5.74, 6) is -0.260. The first kappa shape index (κ1) is 16.7. The van der Waals surface area contributed by atoms with Crippen molar-refractivity contribution in [2.24, 2.45) is 5.73 Å². The van der Waals surface area contributed by atoms with E-state index in [1.165, 1.54) is 25.7 Å². The van der Waals surface area contributed by atoms with Gasteiger partial charge in [-0.1, -0.05) is 12.8 Å². The minimum atomic E-state index is -0.628. The SMILES string of the molecule is CC(C)NC(C)(CCN1CCOC2CCCCC21)C(N)=O. The number of carbonyl (C=O) groups excluding carboxylic acids is 1. The van der Waals surface area contributed by atoms with E-state index in [-0.39, 0.29) is 11.9 Å². The Labute approximate surface area is 128 Å². The van der Waals surface area contributed by atoms with Crippen molar-refractivity contribution in [1.29, 1.82) is 0 Å². The van der Waals surface area contributed by atoms with Crippen LogP contribution in [0.25, 0.3) is 0 Å². The van der Waals surface area contributed by atoms with Crippen molar-refractivity contribution in [2.75, 3.05) is 19.7 Å². The highest BCUT2D eigenvalue weighted by molar-refractivity contribution is 5.84. The largest absolute Gasteiger partial charge is 0.375 e. The van der Waals surface area contributed by atoms with Crippen LogP contribution in [-0.2, 0) is 9.53 Å². The molecule has 0 spiro atoms. The summed E-state index contributed by atoms with van der Waals surface area (Å²) in [4.78, 5) is 14.3. The van der Waals surface area contributed by atoms with Gasteiger partial charge in [0.05, 0.1) is 18.2 Å². The molecule has 1 saturated heterocycles. The number of morpholine rings is 1. The molecule has 3 atom stereocenters. The molecule has 0 aromatic rings. The number of rotatable bonds is 6. The van der Waals surface area contributed by atoms with Gasteiger partial charge in [0.15, 0.2) is 0 Å². The molecule has 3 unspecified atom stereocenters. The van der Waals surface area contributed by atoms with Gasteiger partial charge in [-0.25, -0.2) is 0 Å². The fourth-order valence-corrected chi connectivity index (χ4v) is 3.73. The highest BCUT2D eigenvalue weighted by atomic mass is 16.5. The molecule has 5 heteroatoms. The van der Waals surface area contributed by atoms with Crippen LogP contribution in [0.3, 0.4) is 0 Å². The van der Waals surface area contributed by atoms with E-state index in [1.807, 2.05) is 20.8 Å². The molecule has 21 heavy (non-hydrogen) atoms. The predicted octanol–water partition coefficient (Wildman–Crippen LogP) is 1.26. The number of fused-ring (bicyclic) bond motifs is 1. The van der Waals surface area contributed by atoms with E-state index in [4.69, 9.17) is 10.5 Å².